The summed E-state index contributed by atoms with van der Waals surface area (Å²) < 4.78 is 5.26. The van der Waals surface area contributed by atoms with Crippen LogP contribution in [0.15, 0.2) is 48.5 Å². The first-order valence-electron chi connectivity index (χ1n) is 8.75. The van der Waals surface area contributed by atoms with Crippen molar-refractivity contribution in [2.75, 3.05) is 19.5 Å². The highest BCUT2D eigenvalue weighted by molar-refractivity contribution is 8.00. The quantitative estimate of drug-likeness (QED) is 0.805. The van der Waals surface area contributed by atoms with Gasteiger partial charge in [-0.05, 0) is 42.4 Å². The first-order valence-corrected chi connectivity index (χ1v) is 9.98. The molecule has 1 amide bonds. The van der Waals surface area contributed by atoms with Crippen molar-refractivity contribution in [2.45, 2.75) is 30.6 Å². The highest BCUT2D eigenvalue weighted by Crippen LogP contribution is 2.44. The third kappa shape index (κ3) is 3.60. The number of benzene rings is 2. The molecule has 2 aromatic rings. The Balaban J connectivity index is 1.71. The van der Waals surface area contributed by atoms with Gasteiger partial charge in [-0.2, -0.15) is 11.8 Å². The minimum Gasteiger partial charge on any atom is -0.449 e. The Bertz CT molecular complexity index is 745. The predicted molar refractivity (Wildman–Crippen MR) is 107 cm³/mol. The third-order valence-corrected chi connectivity index (χ3v) is 6.52. The molecule has 1 atom stereocenters. The number of hydrogen-bond acceptors (Lipinski definition) is 4. The summed E-state index contributed by atoms with van der Waals surface area (Å²) in [5.41, 5.74) is 4.78. The summed E-state index contributed by atoms with van der Waals surface area (Å²) >= 11 is 1.60. The van der Waals surface area contributed by atoms with Gasteiger partial charge in [-0.3, -0.25) is 0 Å². The second kappa shape index (κ2) is 7.72. The van der Waals surface area contributed by atoms with Crippen molar-refractivity contribution in [3.05, 3.63) is 59.7 Å². The molecule has 2 aromatic carbocycles. The summed E-state index contributed by atoms with van der Waals surface area (Å²) in [7, 11) is 0. The Kier molecular flexibility index (Phi) is 5.58. The number of thioether (sulfide) groups is 1. The van der Waals surface area contributed by atoms with E-state index in [2.05, 4.69) is 29.6 Å². The van der Waals surface area contributed by atoms with Crippen molar-refractivity contribution in [3.8, 4) is 11.1 Å². The van der Waals surface area contributed by atoms with Crippen LogP contribution in [0.5, 0.6) is 0 Å². The summed E-state index contributed by atoms with van der Waals surface area (Å²) in [6.07, 6.45) is 1.47. The van der Waals surface area contributed by atoms with Crippen LogP contribution >= 0.6 is 11.8 Å². The molecular formula is C21H25NO3S. The highest BCUT2D eigenvalue weighted by Gasteiger charge is 2.32. The Morgan fingerprint density at radius 1 is 1.15 bits per heavy atom. The molecule has 0 saturated heterocycles. The molecule has 0 heterocycles. The van der Waals surface area contributed by atoms with Gasteiger partial charge in [0.05, 0.1) is 12.6 Å². The van der Waals surface area contributed by atoms with Gasteiger partial charge in [0, 0.05) is 10.7 Å². The maximum Gasteiger partial charge on any atom is 0.407 e. The molecule has 1 aliphatic rings. The molecule has 0 aromatic heterocycles. The van der Waals surface area contributed by atoms with Crippen molar-refractivity contribution in [3.63, 3.8) is 0 Å². The molecule has 0 spiro atoms. The fourth-order valence-corrected chi connectivity index (χ4v) is 3.78. The van der Waals surface area contributed by atoms with Gasteiger partial charge in [-0.25, -0.2) is 4.79 Å². The van der Waals surface area contributed by atoms with Crippen molar-refractivity contribution < 1.29 is 14.6 Å². The lowest BCUT2D eigenvalue weighted by atomic mass is 9.98. The van der Waals surface area contributed by atoms with E-state index in [1.54, 1.807) is 11.8 Å². The molecule has 1 aliphatic carbocycles. The Labute approximate surface area is 159 Å². The minimum atomic E-state index is -0.493. The number of ether oxygens (including phenoxy) is 1. The lowest BCUT2D eigenvalue weighted by Gasteiger charge is -2.31. The number of amides is 1. The normalized spacial score (nSPS) is 14.5. The summed E-state index contributed by atoms with van der Waals surface area (Å²) in [5.74, 6) is 0.0364. The first kappa shape index (κ1) is 18.8. The largest absolute Gasteiger partial charge is 0.449 e. The number of aliphatic hydroxyl groups is 1. The zero-order valence-corrected chi connectivity index (χ0v) is 16.2. The fourth-order valence-electron chi connectivity index (χ4n) is 3.36. The Hall–Kier alpha value is -1.98. The second-order valence-electron chi connectivity index (χ2n) is 7.01. The number of alkyl carbamates (subject to hydrolysis) is 1. The van der Waals surface area contributed by atoms with Crippen LogP contribution in [0.1, 0.15) is 30.9 Å². The van der Waals surface area contributed by atoms with E-state index >= 15 is 0 Å². The van der Waals surface area contributed by atoms with Crippen LogP contribution in [-0.2, 0) is 4.74 Å². The maximum atomic E-state index is 12.3. The molecule has 138 valence electrons. The Morgan fingerprint density at radius 2 is 1.69 bits per heavy atom. The summed E-state index contributed by atoms with van der Waals surface area (Å²) in [6.45, 7) is 4.13. The summed E-state index contributed by atoms with van der Waals surface area (Å²) in [5, 5.41) is 12.4. The molecular weight excluding hydrogens is 346 g/mol. The zero-order valence-electron chi connectivity index (χ0n) is 15.4. The van der Waals surface area contributed by atoms with Crippen LogP contribution in [0, 0.1) is 0 Å². The van der Waals surface area contributed by atoms with Crippen molar-refractivity contribution in [1.82, 2.24) is 5.32 Å². The molecule has 5 heteroatoms. The average Bonchev–Trinajstić information content (AvgIpc) is 2.98. The number of carbonyl (C=O) groups excluding carboxylic acids is 1. The third-order valence-electron chi connectivity index (χ3n) is 5.18. The van der Waals surface area contributed by atoms with Gasteiger partial charge < -0.3 is 15.2 Å². The van der Waals surface area contributed by atoms with Crippen molar-refractivity contribution >= 4 is 17.9 Å². The molecule has 4 nitrogen and oxygen atoms in total. The lowest BCUT2D eigenvalue weighted by molar-refractivity contribution is 0.129. The number of carbonyl (C=O) groups is 1. The van der Waals surface area contributed by atoms with Crippen LogP contribution in [0.2, 0.25) is 0 Å². The van der Waals surface area contributed by atoms with E-state index in [0.29, 0.717) is 0 Å². The summed E-state index contributed by atoms with van der Waals surface area (Å²) in [4.78, 5) is 12.3. The SMILES string of the molecule is CSC(C)(C)[C@H](CO)NC(=O)OCC1c2ccccc2-c2ccccc21. The summed E-state index contributed by atoms with van der Waals surface area (Å²) in [6, 6.07) is 16.1. The first-order chi connectivity index (χ1) is 12.5. The van der Waals surface area contributed by atoms with Gasteiger partial charge in [-0.1, -0.05) is 48.5 Å². The van der Waals surface area contributed by atoms with E-state index < -0.39 is 6.09 Å². The lowest BCUT2D eigenvalue weighted by Crippen LogP contribution is -2.50. The van der Waals surface area contributed by atoms with Crippen LogP contribution < -0.4 is 5.32 Å². The average molecular weight is 372 g/mol. The molecule has 0 saturated carbocycles. The fraction of sp³-hybridized carbons (Fsp3) is 0.381. The smallest absolute Gasteiger partial charge is 0.407 e. The molecule has 26 heavy (non-hydrogen) atoms. The van der Waals surface area contributed by atoms with Crippen molar-refractivity contribution in [1.29, 1.82) is 0 Å². The number of fused-ring (bicyclic) bond motifs is 3. The predicted octanol–water partition coefficient (Wildman–Crippen LogP) is 4.03. The molecule has 0 fully saturated rings. The highest BCUT2D eigenvalue weighted by atomic mass is 32.2. The van der Waals surface area contributed by atoms with E-state index in [4.69, 9.17) is 4.74 Å². The zero-order chi connectivity index (χ0) is 18.7. The Morgan fingerprint density at radius 3 is 2.19 bits per heavy atom. The van der Waals surface area contributed by atoms with Crippen LogP contribution in [0.25, 0.3) is 11.1 Å². The van der Waals surface area contributed by atoms with E-state index in [1.807, 2.05) is 44.4 Å². The van der Waals surface area contributed by atoms with Crippen LogP contribution in [0.4, 0.5) is 4.79 Å². The van der Waals surface area contributed by atoms with Gasteiger partial charge in [0.2, 0.25) is 0 Å². The van der Waals surface area contributed by atoms with Gasteiger partial charge in [0.25, 0.3) is 0 Å². The standard InChI is InChI=1S/C21H25NO3S/c1-21(2,26-3)19(12-23)22-20(24)25-13-18-16-10-6-4-8-14(16)15-9-5-7-11-17(15)18/h4-11,18-19,23H,12-13H2,1-3H3,(H,22,24)/t19-/m0/s1. The van der Waals surface area contributed by atoms with Gasteiger partial charge >= 0.3 is 6.09 Å². The van der Waals surface area contributed by atoms with Gasteiger partial charge in [0.15, 0.2) is 0 Å². The van der Waals surface area contributed by atoms with Crippen LogP contribution in [-0.4, -0.2) is 41.5 Å². The molecule has 0 unspecified atom stereocenters. The number of hydrogen-bond donors (Lipinski definition) is 2. The van der Waals surface area contributed by atoms with Gasteiger partial charge in [0.1, 0.15) is 6.61 Å². The number of nitrogens with one attached hydrogen (secondary N) is 1. The number of rotatable bonds is 6. The van der Waals surface area contributed by atoms with E-state index in [-0.39, 0.29) is 29.9 Å². The molecule has 2 N–H and O–H groups in total. The maximum absolute atomic E-state index is 12.3. The van der Waals surface area contributed by atoms with E-state index in [0.717, 1.165) is 0 Å². The van der Waals surface area contributed by atoms with E-state index in [9.17, 15) is 9.90 Å². The molecule has 0 radical (unpaired) electrons. The monoisotopic (exact) mass is 371 g/mol. The van der Waals surface area contributed by atoms with Crippen molar-refractivity contribution in [2.24, 2.45) is 0 Å². The minimum absolute atomic E-state index is 0.0364. The van der Waals surface area contributed by atoms with E-state index in [1.165, 1.54) is 22.3 Å². The second-order valence-corrected chi connectivity index (χ2v) is 8.47. The molecule has 0 aliphatic heterocycles. The molecule has 0 bridgehead atoms. The molecule has 3 rings (SSSR count). The number of aliphatic hydroxyl groups excluding tert-OH is 1. The van der Waals surface area contributed by atoms with Gasteiger partial charge in [-0.15, -0.1) is 0 Å². The van der Waals surface area contributed by atoms with Crippen LogP contribution in [0.3, 0.4) is 0 Å². The topological polar surface area (TPSA) is 58.6 Å².